The molecule has 2 rings (SSSR count). The molecule has 0 amide bonds. The lowest BCUT2D eigenvalue weighted by Crippen LogP contribution is -2.47. The number of aromatic nitrogens is 1. The molecule has 1 aromatic rings. The number of nitrogens with one attached hydrogen (secondary N) is 1. The molecule has 1 fully saturated rings. The van der Waals surface area contributed by atoms with Crippen molar-refractivity contribution in [3.63, 3.8) is 0 Å². The lowest BCUT2D eigenvalue weighted by atomic mass is 9.63. The molecule has 15 heavy (non-hydrogen) atoms. The second-order valence-electron chi connectivity index (χ2n) is 4.91. The van der Waals surface area contributed by atoms with Gasteiger partial charge in [-0.1, -0.05) is 6.42 Å². The maximum Gasteiger partial charge on any atom is 0.0562 e. The second-order valence-corrected chi connectivity index (χ2v) is 4.91. The Morgan fingerprint density at radius 2 is 2.27 bits per heavy atom. The van der Waals surface area contributed by atoms with Gasteiger partial charge in [0.25, 0.3) is 0 Å². The molecule has 0 saturated heterocycles. The van der Waals surface area contributed by atoms with Crippen molar-refractivity contribution in [2.75, 3.05) is 20.6 Å². The summed E-state index contributed by atoms with van der Waals surface area (Å²) in [6.45, 7) is 0.787. The largest absolute Gasteiger partial charge is 0.364 e. The molecular weight excluding hydrogens is 186 g/mol. The fourth-order valence-electron chi connectivity index (χ4n) is 2.89. The van der Waals surface area contributed by atoms with Crippen LogP contribution in [0.5, 0.6) is 0 Å². The minimum absolute atomic E-state index is 0.300. The van der Waals surface area contributed by atoms with E-state index >= 15 is 0 Å². The third kappa shape index (κ3) is 1.70. The Hall–Kier alpha value is -0.800. The van der Waals surface area contributed by atoms with Crippen LogP contribution in [0.15, 0.2) is 18.3 Å². The summed E-state index contributed by atoms with van der Waals surface area (Å²) < 4.78 is 0. The molecule has 3 nitrogen and oxygen atoms in total. The van der Waals surface area contributed by atoms with Crippen LogP contribution < -0.4 is 5.73 Å². The number of H-pyrrole nitrogens is 1. The quantitative estimate of drug-likeness (QED) is 0.790. The average Bonchev–Trinajstić information content (AvgIpc) is 2.62. The van der Waals surface area contributed by atoms with E-state index in [0.29, 0.717) is 11.5 Å². The van der Waals surface area contributed by atoms with Gasteiger partial charge in [-0.3, -0.25) is 0 Å². The first-order valence-corrected chi connectivity index (χ1v) is 5.69. The standard InChI is InChI=1S/C12H21N3/c1-15(2)11(10-5-3-8-14-10)12(9-13)6-4-7-12/h3,5,8,11,14H,4,6-7,9,13H2,1-2H3. The lowest BCUT2D eigenvalue weighted by molar-refractivity contribution is 0.0261. The van der Waals surface area contributed by atoms with Crippen LogP contribution in [0.4, 0.5) is 0 Å². The van der Waals surface area contributed by atoms with Crippen molar-refractivity contribution in [2.24, 2.45) is 11.1 Å². The molecule has 84 valence electrons. The fourth-order valence-corrected chi connectivity index (χ4v) is 2.89. The topological polar surface area (TPSA) is 45.0 Å². The van der Waals surface area contributed by atoms with Gasteiger partial charge >= 0.3 is 0 Å². The van der Waals surface area contributed by atoms with E-state index in [1.54, 1.807) is 0 Å². The van der Waals surface area contributed by atoms with Crippen LogP contribution in [0.1, 0.15) is 31.0 Å². The Morgan fingerprint density at radius 1 is 1.53 bits per heavy atom. The highest BCUT2D eigenvalue weighted by Crippen LogP contribution is 2.51. The first kappa shape index (κ1) is 10.7. The average molecular weight is 207 g/mol. The highest BCUT2D eigenvalue weighted by atomic mass is 15.1. The molecule has 3 heteroatoms. The summed E-state index contributed by atoms with van der Waals surface area (Å²) in [6, 6.07) is 4.67. The van der Waals surface area contributed by atoms with E-state index in [9.17, 15) is 0 Å². The number of hydrogen-bond acceptors (Lipinski definition) is 2. The van der Waals surface area contributed by atoms with Gasteiger partial charge in [0.2, 0.25) is 0 Å². The number of nitrogens with zero attached hydrogens (tertiary/aromatic N) is 1. The Morgan fingerprint density at radius 3 is 2.60 bits per heavy atom. The molecule has 0 radical (unpaired) electrons. The predicted octanol–water partition coefficient (Wildman–Crippen LogP) is 1.75. The number of hydrogen-bond donors (Lipinski definition) is 2. The minimum Gasteiger partial charge on any atom is -0.364 e. The Balaban J connectivity index is 2.27. The minimum atomic E-state index is 0.300. The van der Waals surface area contributed by atoms with Crippen LogP contribution >= 0.6 is 0 Å². The second kappa shape index (κ2) is 3.99. The smallest absolute Gasteiger partial charge is 0.0562 e. The van der Waals surface area contributed by atoms with Crippen LogP contribution in [0.2, 0.25) is 0 Å². The fraction of sp³-hybridized carbons (Fsp3) is 0.667. The highest BCUT2D eigenvalue weighted by Gasteiger charge is 2.45. The van der Waals surface area contributed by atoms with Gasteiger partial charge in [0.05, 0.1) is 6.04 Å². The zero-order valence-electron chi connectivity index (χ0n) is 9.66. The van der Waals surface area contributed by atoms with Gasteiger partial charge in [-0.05, 0) is 45.6 Å². The maximum absolute atomic E-state index is 5.97. The lowest BCUT2D eigenvalue weighted by Gasteiger charge is -2.49. The summed E-state index contributed by atoms with van der Waals surface area (Å²) in [5, 5.41) is 0. The monoisotopic (exact) mass is 207 g/mol. The first-order chi connectivity index (χ1) is 7.19. The molecule has 1 saturated carbocycles. The highest BCUT2D eigenvalue weighted by molar-refractivity contribution is 5.15. The Kier molecular flexibility index (Phi) is 2.85. The zero-order chi connectivity index (χ0) is 10.9. The third-order valence-corrected chi connectivity index (χ3v) is 3.77. The molecule has 0 spiro atoms. The van der Waals surface area contributed by atoms with Crippen LogP contribution in [0.25, 0.3) is 0 Å². The number of aromatic amines is 1. The molecule has 1 unspecified atom stereocenters. The van der Waals surface area contributed by atoms with Crippen molar-refractivity contribution in [1.82, 2.24) is 9.88 Å². The molecule has 1 aliphatic carbocycles. The number of rotatable bonds is 4. The van der Waals surface area contributed by atoms with Crippen molar-refractivity contribution in [3.05, 3.63) is 24.0 Å². The molecule has 1 atom stereocenters. The van der Waals surface area contributed by atoms with Crippen molar-refractivity contribution >= 4 is 0 Å². The summed E-state index contributed by atoms with van der Waals surface area (Å²) >= 11 is 0. The molecule has 1 heterocycles. The van der Waals surface area contributed by atoms with E-state index < -0.39 is 0 Å². The van der Waals surface area contributed by atoms with Gasteiger partial charge in [0.15, 0.2) is 0 Å². The van der Waals surface area contributed by atoms with Crippen molar-refractivity contribution in [3.8, 4) is 0 Å². The number of nitrogens with two attached hydrogens (primary N) is 1. The van der Waals surface area contributed by atoms with Crippen molar-refractivity contribution in [2.45, 2.75) is 25.3 Å². The van der Waals surface area contributed by atoms with Gasteiger partial charge in [0, 0.05) is 17.3 Å². The maximum atomic E-state index is 5.97. The van der Waals surface area contributed by atoms with E-state index in [1.807, 2.05) is 6.20 Å². The van der Waals surface area contributed by atoms with Crippen LogP contribution in [0, 0.1) is 5.41 Å². The Labute approximate surface area is 91.7 Å². The van der Waals surface area contributed by atoms with Crippen LogP contribution in [0.3, 0.4) is 0 Å². The normalized spacial score (nSPS) is 21.3. The van der Waals surface area contributed by atoms with Crippen LogP contribution in [-0.4, -0.2) is 30.5 Å². The summed E-state index contributed by atoms with van der Waals surface area (Å²) in [5.74, 6) is 0. The molecule has 0 aromatic carbocycles. The third-order valence-electron chi connectivity index (χ3n) is 3.77. The van der Waals surface area contributed by atoms with Crippen molar-refractivity contribution in [1.29, 1.82) is 0 Å². The summed E-state index contributed by atoms with van der Waals surface area (Å²) in [6.07, 6.45) is 5.83. The van der Waals surface area contributed by atoms with Crippen LogP contribution in [-0.2, 0) is 0 Å². The first-order valence-electron chi connectivity index (χ1n) is 5.69. The summed E-state index contributed by atoms with van der Waals surface area (Å²) in [4.78, 5) is 5.62. The van der Waals surface area contributed by atoms with Gasteiger partial charge in [-0.25, -0.2) is 0 Å². The van der Waals surface area contributed by atoms with Gasteiger partial charge in [0.1, 0.15) is 0 Å². The van der Waals surface area contributed by atoms with E-state index in [4.69, 9.17) is 5.73 Å². The van der Waals surface area contributed by atoms with Gasteiger partial charge in [-0.2, -0.15) is 0 Å². The summed E-state index contributed by atoms with van der Waals surface area (Å²) in [7, 11) is 4.28. The SMILES string of the molecule is CN(C)C(c1ccc[nH]1)C1(CN)CCC1. The van der Waals surface area contributed by atoms with Gasteiger partial charge < -0.3 is 15.6 Å². The van der Waals surface area contributed by atoms with Gasteiger partial charge in [-0.15, -0.1) is 0 Å². The zero-order valence-corrected chi connectivity index (χ0v) is 9.66. The van der Waals surface area contributed by atoms with Crippen molar-refractivity contribution < 1.29 is 0 Å². The molecule has 1 aromatic heterocycles. The summed E-state index contributed by atoms with van der Waals surface area (Å²) in [5.41, 5.74) is 7.57. The molecule has 0 bridgehead atoms. The van der Waals surface area contributed by atoms with E-state index in [-0.39, 0.29) is 0 Å². The molecule has 0 aliphatic heterocycles. The van der Waals surface area contributed by atoms with E-state index in [0.717, 1.165) is 6.54 Å². The molecular formula is C12H21N3. The predicted molar refractivity (Wildman–Crippen MR) is 62.6 cm³/mol. The molecule has 3 N–H and O–H groups in total. The molecule has 1 aliphatic rings. The van der Waals surface area contributed by atoms with E-state index in [1.165, 1.54) is 25.0 Å². The van der Waals surface area contributed by atoms with E-state index in [2.05, 4.69) is 36.1 Å². The Bertz CT molecular complexity index is 293.